The van der Waals surface area contributed by atoms with E-state index in [1.807, 2.05) is 38.1 Å². The van der Waals surface area contributed by atoms with Crippen LogP contribution in [0.1, 0.15) is 30.0 Å². The maximum Gasteiger partial charge on any atom is 0.312 e. The molecule has 0 unspecified atom stereocenters. The number of para-hydroxylation sites is 1. The Morgan fingerprint density at radius 2 is 1.93 bits per heavy atom. The second-order valence-electron chi connectivity index (χ2n) is 7.35. The van der Waals surface area contributed by atoms with E-state index < -0.39 is 23.9 Å². The van der Waals surface area contributed by atoms with Crippen LogP contribution in [-0.4, -0.2) is 30.4 Å². The number of nitrogens with one attached hydrogen (secondary N) is 1. The topological polar surface area (TPSA) is 99.5 Å². The fourth-order valence-electron chi connectivity index (χ4n) is 3.37. The summed E-state index contributed by atoms with van der Waals surface area (Å²) < 4.78 is 5.32. The first-order valence-corrected chi connectivity index (χ1v) is 9.69. The van der Waals surface area contributed by atoms with Gasteiger partial charge in [-0.2, -0.15) is 5.26 Å². The van der Waals surface area contributed by atoms with Gasteiger partial charge in [-0.05, 0) is 50.1 Å². The SMILES string of the molecule is Cc1cccc(N2C[C@H](C(=O)O[C@H](C)C(=O)Nc3ccccc3C#N)CC2=O)c1C. The van der Waals surface area contributed by atoms with E-state index >= 15 is 0 Å². The number of ether oxygens (including phenoxy) is 1. The first-order chi connectivity index (χ1) is 14.3. The van der Waals surface area contributed by atoms with Gasteiger partial charge in [-0.25, -0.2) is 0 Å². The summed E-state index contributed by atoms with van der Waals surface area (Å²) in [5.41, 5.74) is 3.51. The number of carbonyl (C=O) groups excluding carboxylic acids is 3. The van der Waals surface area contributed by atoms with Crippen LogP contribution < -0.4 is 10.2 Å². The second kappa shape index (κ2) is 8.78. The number of esters is 1. The summed E-state index contributed by atoms with van der Waals surface area (Å²) in [6.45, 7) is 5.58. The Hall–Kier alpha value is -3.66. The average Bonchev–Trinajstić information content (AvgIpc) is 3.12. The van der Waals surface area contributed by atoms with E-state index in [4.69, 9.17) is 10.00 Å². The standard InChI is InChI=1S/C23H23N3O4/c1-14-7-6-10-20(15(14)2)26-13-18(11-21(26)27)23(29)30-16(3)22(28)25-19-9-5-4-8-17(19)12-24/h4-10,16,18H,11,13H2,1-3H3,(H,25,28)/t16-,18-/m1/s1. The van der Waals surface area contributed by atoms with Crippen LogP contribution in [0, 0.1) is 31.1 Å². The average molecular weight is 405 g/mol. The normalized spacial score (nSPS) is 16.7. The summed E-state index contributed by atoms with van der Waals surface area (Å²) in [6.07, 6.45) is -1.02. The number of amides is 2. The van der Waals surface area contributed by atoms with Crippen molar-refractivity contribution in [2.24, 2.45) is 5.92 Å². The Kier molecular flexibility index (Phi) is 6.17. The van der Waals surface area contributed by atoms with Crippen molar-refractivity contribution in [3.8, 4) is 6.07 Å². The molecule has 2 amide bonds. The van der Waals surface area contributed by atoms with E-state index in [1.165, 1.54) is 6.92 Å². The molecular weight excluding hydrogens is 382 g/mol. The molecule has 0 bridgehead atoms. The van der Waals surface area contributed by atoms with Crippen LogP contribution >= 0.6 is 0 Å². The van der Waals surface area contributed by atoms with Crippen molar-refractivity contribution >= 4 is 29.2 Å². The van der Waals surface area contributed by atoms with Crippen molar-refractivity contribution < 1.29 is 19.1 Å². The molecule has 0 radical (unpaired) electrons. The molecule has 3 rings (SSSR count). The molecule has 0 spiro atoms. The Labute approximate surface area is 175 Å². The fraction of sp³-hybridized carbons (Fsp3) is 0.304. The molecular formula is C23H23N3O4. The van der Waals surface area contributed by atoms with Gasteiger partial charge in [0.05, 0.1) is 17.2 Å². The van der Waals surface area contributed by atoms with Crippen LogP contribution in [0.3, 0.4) is 0 Å². The number of aryl methyl sites for hydroxylation is 1. The summed E-state index contributed by atoms with van der Waals surface area (Å²) in [5.74, 6) is -1.92. The second-order valence-corrected chi connectivity index (χ2v) is 7.35. The van der Waals surface area contributed by atoms with Gasteiger partial charge in [0.2, 0.25) is 5.91 Å². The Morgan fingerprint density at radius 1 is 1.20 bits per heavy atom. The summed E-state index contributed by atoms with van der Waals surface area (Å²) >= 11 is 0. The van der Waals surface area contributed by atoms with Gasteiger partial charge in [-0.3, -0.25) is 14.4 Å². The van der Waals surface area contributed by atoms with Crippen molar-refractivity contribution in [2.75, 3.05) is 16.8 Å². The van der Waals surface area contributed by atoms with E-state index in [2.05, 4.69) is 5.32 Å². The lowest BCUT2D eigenvalue weighted by Gasteiger charge is -2.20. The molecule has 1 aliphatic heterocycles. The maximum absolute atomic E-state index is 12.6. The molecule has 30 heavy (non-hydrogen) atoms. The monoisotopic (exact) mass is 405 g/mol. The fourth-order valence-corrected chi connectivity index (χ4v) is 3.37. The minimum atomic E-state index is -1.06. The molecule has 1 N–H and O–H groups in total. The Morgan fingerprint density at radius 3 is 2.67 bits per heavy atom. The highest BCUT2D eigenvalue weighted by Gasteiger charge is 2.37. The number of hydrogen-bond acceptors (Lipinski definition) is 5. The Bertz CT molecular complexity index is 1040. The number of benzene rings is 2. The van der Waals surface area contributed by atoms with Crippen molar-refractivity contribution in [3.63, 3.8) is 0 Å². The molecule has 1 aliphatic rings. The lowest BCUT2D eigenvalue weighted by molar-refractivity contribution is -0.157. The van der Waals surface area contributed by atoms with Gasteiger partial charge in [-0.15, -0.1) is 0 Å². The maximum atomic E-state index is 12.6. The number of carbonyl (C=O) groups is 3. The van der Waals surface area contributed by atoms with E-state index in [0.717, 1.165) is 16.8 Å². The molecule has 2 aromatic rings. The van der Waals surface area contributed by atoms with Crippen molar-refractivity contribution in [1.82, 2.24) is 0 Å². The molecule has 0 aliphatic carbocycles. The number of nitriles is 1. The summed E-state index contributed by atoms with van der Waals surface area (Å²) in [5, 5.41) is 11.7. The predicted molar refractivity (Wildman–Crippen MR) is 112 cm³/mol. The van der Waals surface area contributed by atoms with Crippen LogP contribution in [-0.2, 0) is 19.1 Å². The van der Waals surface area contributed by atoms with Gasteiger partial charge in [0.1, 0.15) is 6.07 Å². The first-order valence-electron chi connectivity index (χ1n) is 9.69. The summed E-state index contributed by atoms with van der Waals surface area (Å²) in [7, 11) is 0. The van der Waals surface area contributed by atoms with Crippen LogP contribution in [0.15, 0.2) is 42.5 Å². The zero-order valence-corrected chi connectivity index (χ0v) is 17.1. The number of rotatable bonds is 5. The number of anilines is 2. The number of nitrogens with zero attached hydrogens (tertiary/aromatic N) is 2. The predicted octanol–water partition coefficient (Wildman–Crippen LogP) is 3.10. The van der Waals surface area contributed by atoms with Gasteiger partial charge in [-0.1, -0.05) is 24.3 Å². The van der Waals surface area contributed by atoms with Gasteiger partial charge in [0.15, 0.2) is 6.10 Å². The molecule has 7 heteroatoms. The molecule has 1 heterocycles. The van der Waals surface area contributed by atoms with Gasteiger partial charge in [0, 0.05) is 18.7 Å². The van der Waals surface area contributed by atoms with Gasteiger partial charge >= 0.3 is 5.97 Å². The zero-order chi connectivity index (χ0) is 21.8. The van der Waals surface area contributed by atoms with E-state index in [-0.39, 0.29) is 18.9 Å². The molecule has 2 atom stereocenters. The van der Waals surface area contributed by atoms with Crippen molar-refractivity contribution in [1.29, 1.82) is 5.26 Å². The first kappa shape index (κ1) is 21.1. The van der Waals surface area contributed by atoms with Crippen LogP contribution in [0.5, 0.6) is 0 Å². The van der Waals surface area contributed by atoms with E-state index in [1.54, 1.807) is 29.2 Å². The van der Waals surface area contributed by atoms with Crippen LogP contribution in [0.2, 0.25) is 0 Å². The zero-order valence-electron chi connectivity index (χ0n) is 17.1. The van der Waals surface area contributed by atoms with Crippen LogP contribution in [0.25, 0.3) is 0 Å². The smallest absolute Gasteiger partial charge is 0.312 e. The minimum Gasteiger partial charge on any atom is -0.452 e. The highest BCUT2D eigenvalue weighted by atomic mass is 16.5. The third-order valence-electron chi connectivity index (χ3n) is 5.29. The summed E-state index contributed by atoms with van der Waals surface area (Å²) in [6, 6.07) is 14.3. The quantitative estimate of drug-likeness (QED) is 0.771. The minimum absolute atomic E-state index is 0.0395. The van der Waals surface area contributed by atoms with Gasteiger partial charge < -0.3 is 15.0 Å². The highest BCUT2D eigenvalue weighted by Crippen LogP contribution is 2.30. The molecule has 0 saturated carbocycles. The van der Waals surface area contributed by atoms with Crippen molar-refractivity contribution in [2.45, 2.75) is 33.3 Å². The highest BCUT2D eigenvalue weighted by molar-refractivity contribution is 6.01. The third kappa shape index (κ3) is 4.33. The third-order valence-corrected chi connectivity index (χ3v) is 5.29. The van der Waals surface area contributed by atoms with Crippen LogP contribution in [0.4, 0.5) is 11.4 Å². The lowest BCUT2D eigenvalue weighted by atomic mass is 10.1. The molecule has 7 nitrogen and oxygen atoms in total. The lowest BCUT2D eigenvalue weighted by Crippen LogP contribution is -2.33. The van der Waals surface area contributed by atoms with E-state index in [9.17, 15) is 14.4 Å². The van der Waals surface area contributed by atoms with Gasteiger partial charge in [0.25, 0.3) is 5.91 Å². The van der Waals surface area contributed by atoms with E-state index in [0.29, 0.717) is 11.3 Å². The largest absolute Gasteiger partial charge is 0.452 e. The number of hydrogen-bond donors (Lipinski definition) is 1. The molecule has 154 valence electrons. The molecule has 1 saturated heterocycles. The van der Waals surface area contributed by atoms with Crippen molar-refractivity contribution in [3.05, 3.63) is 59.2 Å². The molecule has 0 aromatic heterocycles. The molecule has 2 aromatic carbocycles. The molecule has 1 fully saturated rings. The summed E-state index contributed by atoms with van der Waals surface area (Å²) in [4.78, 5) is 39.1. The Balaban J connectivity index is 1.63.